The van der Waals surface area contributed by atoms with Gasteiger partial charge in [0.15, 0.2) is 0 Å². The van der Waals surface area contributed by atoms with Crippen LogP contribution in [0.15, 0.2) is 47.4 Å². The van der Waals surface area contributed by atoms with Gasteiger partial charge in [0.25, 0.3) is 15.9 Å². The molecule has 2 aromatic carbocycles. The lowest BCUT2D eigenvalue weighted by atomic mass is 10.1. The SMILES string of the molecule is Cc1cc(S(=O)(=O)Nc2ccccc2C(=O)N2CCN(CCN3CCCC3)CC2)ccc1F. The molecule has 4 rings (SSSR count). The predicted molar refractivity (Wildman–Crippen MR) is 126 cm³/mol. The van der Waals surface area contributed by atoms with Crippen molar-refractivity contribution < 1.29 is 17.6 Å². The highest BCUT2D eigenvalue weighted by atomic mass is 32.2. The molecule has 0 unspecified atom stereocenters. The molecule has 2 fully saturated rings. The van der Waals surface area contributed by atoms with Crippen molar-refractivity contribution in [2.45, 2.75) is 24.7 Å². The Bertz CT molecular complexity index is 1090. The van der Waals surface area contributed by atoms with Gasteiger partial charge in [-0.1, -0.05) is 12.1 Å². The van der Waals surface area contributed by atoms with E-state index >= 15 is 0 Å². The number of likely N-dealkylation sites (tertiary alicyclic amines) is 1. The monoisotopic (exact) mass is 474 g/mol. The van der Waals surface area contributed by atoms with Gasteiger partial charge in [-0.25, -0.2) is 12.8 Å². The number of sulfonamides is 1. The van der Waals surface area contributed by atoms with Crippen molar-refractivity contribution in [1.29, 1.82) is 0 Å². The minimum atomic E-state index is -3.96. The summed E-state index contributed by atoms with van der Waals surface area (Å²) in [5.74, 6) is -0.660. The first-order valence-electron chi connectivity index (χ1n) is 11.5. The number of carbonyl (C=O) groups excluding carboxylic acids is 1. The smallest absolute Gasteiger partial charge is 0.261 e. The van der Waals surface area contributed by atoms with Crippen LogP contribution in [0.5, 0.6) is 0 Å². The summed E-state index contributed by atoms with van der Waals surface area (Å²) >= 11 is 0. The maximum absolute atomic E-state index is 13.6. The van der Waals surface area contributed by atoms with Crippen molar-refractivity contribution in [2.75, 3.05) is 57.1 Å². The number of rotatable bonds is 7. The van der Waals surface area contributed by atoms with Crippen LogP contribution in [0.25, 0.3) is 0 Å². The van der Waals surface area contributed by atoms with E-state index in [2.05, 4.69) is 14.5 Å². The molecule has 178 valence electrons. The minimum Gasteiger partial charge on any atom is -0.336 e. The summed E-state index contributed by atoms with van der Waals surface area (Å²) in [6, 6.07) is 10.2. The third-order valence-corrected chi connectivity index (χ3v) is 7.80. The fourth-order valence-electron chi connectivity index (χ4n) is 4.38. The van der Waals surface area contributed by atoms with Crippen LogP contribution in [0.4, 0.5) is 10.1 Å². The van der Waals surface area contributed by atoms with Gasteiger partial charge in [-0.2, -0.15) is 0 Å². The number of para-hydroxylation sites is 1. The second-order valence-electron chi connectivity index (χ2n) is 8.74. The van der Waals surface area contributed by atoms with Crippen molar-refractivity contribution in [3.63, 3.8) is 0 Å². The number of carbonyl (C=O) groups is 1. The fourth-order valence-corrected chi connectivity index (χ4v) is 5.55. The summed E-state index contributed by atoms with van der Waals surface area (Å²) in [5.41, 5.74) is 0.774. The molecule has 2 heterocycles. The van der Waals surface area contributed by atoms with Crippen molar-refractivity contribution in [3.05, 3.63) is 59.4 Å². The van der Waals surface area contributed by atoms with Gasteiger partial charge in [-0.05, 0) is 68.8 Å². The van der Waals surface area contributed by atoms with E-state index in [9.17, 15) is 17.6 Å². The molecule has 2 aliphatic heterocycles. The summed E-state index contributed by atoms with van der Waals surface area (Å²) in [6.45, 7) is 8.79. The Morgan fingerprint density at radius 2 is 1.58 bits per heavy atom. The maximum Gasteiger partial charge on any atom is 0.261 e. The van der Waals surface area contributed by atoms with Crippen molar-refractivity contribution in [3.8, 4) is 0 Å². The van der Waals surface area contributed by atoms with Gasteiger partial charge in [-0.3, -0.25) is 14.4 Å². The quantitative estimate of drug-likeness (QED) is 0.668. The van der Waals surface area contributed by atoms with E-state index in [-0.39, 0.29) is 22.1 Å². The maximum atomic E-state index is 13.6. The van der Waals surface area contributed by atoms with Gasteiger partial charge in [-0.15, -0.1) is 0 Å². The molecule has 2 aliphatic rings. The Kier molecular flexibility index (Phi) is 7.31. The summed E-state index contributed by atoms with van der Waals surface area (Å²) in [4.78, 5) is 19.8. The molecular formula is C24H31FN4O3S. The van der Waals surface area contributed by atoms with Crippen molar-refractivity contribution in [1.82, 2.24) is 14.7 Å². The molecule has 0 radical (unpaired) electrons. The molecule has 9 heteroatoms. The molecule has 0 saturated carbocycles. The van der Waals surface area contributed by atoms with E-state index in [1.165, 1.54) is 45.0 Å². The van der Waals surface area contributed by atoms with E-state index < -0.39 is 15.8 Å². The third kappa shape index (κ3) is 5.72. The van der Waals surface area contributed by atoms with Gasteiger partial charge < -0.3 is 9.80 Å². The topological polar surface area (TPSA) is 73.0 Å². The van der Waals surface area contributed by atoms with Crippen LogP contribution in [0.3, 0.4) is 0 Å². The van der Waals surface area contributed by atoms with E-state index in [1.54, 1.807) is 29.2 Å². The van der Waals surface area contributed by atoms with Gasteiger partial charge in [0, 0.05) is 39.3 Å². The molecular weight excluding hydrogens is 443 g/mol. The molecule has 0 aliphatic carbocycles. The Morgan fingerprint density at radius 1 is 0.939 bits per heavy atom. The lowest BCUT2D eigenvalue weighted by Crippen LogP contribution is -2.50. The summed E-state index contributed by atoms with van der Waals surface area (Å²) in [5, 5.41) is 0. The average molecular weight is 475 g/mol. The number of piperazine rings is 1. The first-order chi connectivity index (χ1) is 15.8. The van der Waals surface area contributed by atoms with Crippen molar-refractivity contribution in [2.24, 2.45) is 0 Å². The Hall–Kier alpha value is -2.49. The zero-order chi connectivity index (χ0) is 23.4. The molecule has 33 heavy (non-hydrogen) atoms. The van der Waals surface area contributed by atoms with Crippen LogP contribution in [-0.2, 0) is 10.0 Å². The minimum absolute atomic E-state index is 0.0460. The van der Waals surface area contributed by atoms with Crippen LogP contribution in [-0.4, -0.2) is 81.4 Å². The number of nitrogens with one attached hydrogen (secondary N) is 1. The van der Waals surface area contributed by atoms with E-state index in [0.717, 1.165) is 32.2 Å². The molecule has 2 aromatic rings. The number of nitrogens with zero attached hydrogens (tertiary/aromatic N) is 3. The first-order valence-corrected chi connectivity index (χ1v) is 12.9. The number of benzene rings is 2. The fraction of sp³-hybridized carbons (Fsp3) is 0.458. The molecule has 0 aromatic heterocycles. The summed E-state index contributed by atoms with van der Waals surface area (Å²) < 4.78 is 41.8. The van der Waals surface area contributed by atoms with Crippen LogP contribution in [0.1, 0.15) is 28.8 Å². The Morgan fingerprint density at radius 3 is 2.24 bits per heavy atom. The highest BCUT2D eigenvalue weighted by molar-refractivity contribution is 7.92. The van der Waals surface area contributed by atoms with Gasteiger partial charge in [0.1, 0.15) is 5.82 Å². The van der Waals surface area contributed by atoms with Crippen molar-refractivity contribution >= 4 is 21.6 Å². The van der Waals surface area contributed by atoms with E-state index in [0.29, 0.717) is 18.7 Å². The Labute approximate surface area is 195 Å². The lowest BCUT2D eigenvalue weighted by molar-refractivity contribution is 0.0627. The zero-order valence-corrected chi connectivity index (χ0v) is 19.8. The molecule has 7 nitrogen and oxygen atoms in total. The standard InChI is InChI=1S/C24H31FN4O3S/c1-19-18-20(8-9-22(19)25)33(31,32)26-23-7-3-2-6-21(23)24(30)29-16-14-28(15-17-29)13-12-27-10-4-5-11-27/h2-3,6-9,18,26H,4-5,10-17H2,1H3. The number of aryl methyl sites for hydroxylation is 1. The highest BCUT2D eigenvalue weighted by Crippen LogP contribution is 2.23. The van der Waals surface area contributed by atoms with Gasteiger partial charge in [0.05, 0.1) is 16.1 Å². The van der Waals surface area contributed by atoms with Gasteiger partial charge in [0.2, 0.25) is 0 Å². The largest absolute Gasteiger partial charge is 0.336 e. The average Bonchev–Trinajstić information content (AvgIpc) is 3.33. The first kappa shape index (κ1) is 23.7. The Balaban J connectivity index is 1.40. The van der Waals surface area contributed by atoms with Gasteiger partial charge >= 0.3 is 0 Å². The van der Waals surface area contributed by atoms with E-state index in [1.807, 2.05) is 0 Å². The van der Waals surface area contributed by atoms with Crippen LogP contribution in [0, 0.1) is 12.7 Å². The summed E-state index contributed by atoms with van der Waals surface area (Å²) in [7, 11) is -3.96. The highest BCUT2D eigenvalue weighted by Gasteiger charge is 2.26. The normalized spacial score (nSPS) is 17.9. The molecule has 1 N–H and O–H groups in total. The number of anilines is 1. The molecule has 0 spiro atoms. The number of amides is 1. The summed E-state index contributed by atoms with van der Waals surface area (Å²) in [6.07, 6.45) is 2.57. The van der Waals surface area contributed by atoms with Crippen LogP contribution < -0.4 is 4.72 Å². The van der Waals surface area contributed by atoms with Crippen LogP contribution >= 0.6 is 0 Å². The second kappa shape index (κ2) is 10.2. The molecule has 0 bridgehead atoms. The predicted octanol–water partition coefficient (Wildman–Crippen LogP) is 2.79. The second-order valence-corrected chi connectivity index (χ2v) is 10.4. The van der Waals surface area contributed by atoms with E-state index in [4.69, 9.17) is 0 Å². The number of hydrogen-bond donors (Lipinski definition) is 1. The van der Waals surface area contributed by atoms with Crippen LogP contribution in [0.2, 0.25) is 0 Å². The third-order valence-electron chi connectivity index (χ3n) is 6.43. The number of halogens is 1. The zero-order valence-electron chi connectivity index (χ0n) is 19.0. The molecule has 2 saturated heterocycles. The molecule has 0 atom stereocenters. The lowest BCUT2D eigenvalue weighted by Gasteiger charge is -2.35. The molecule has 1 amide bonds. The number of hydrogen-bond acceptors (Lipinski definition) is 5.